The van der Waals surface area contributed by atoms with Gasteiger partial charge < -0.3 is 21.3 Å². The molecule has 164 valence electrons. The number of carbonyl (C=O) groups excluding carboxylic acids is 2. The molecule has 0 aromatic carbocycles. The molecule has 0 aliphatic carbocycles. The van der Waals surface area contributed by atoms with Crippen molar-refractivity contribution in [1.29, 1.82) is 0 Å². The van der Waals surface area contributed by atoms with Gasteiger partial charge in [-0.1, -0.05) is 13.8 Å². The third-order valence-electron chi connectivity index (χ3n) is 3.65. The zero-order valence-corrected chi connectivity index (χ0v) is 16.4. The summed E-state index contributed by atoms with van der Waals surface area (Å²) in [5.41, 5.74) is 7.39. The monoisotopic (exact) mass is 426 g/mol. The van der Waals surface area contributed by atoms with Gasteiger partial charge >= 0.3 is 0 Å². The molecule has 0 spiro atoms. The first kappa shape index (κ1) is 24.6. The molecule has 3 heterocycles. The molecule has 1 saturated heterocycles. The van der Waals surface area contributed by atoms with Crippen LogP contribution in [0.2, 0.25) is 0 Å². The Kier molecular flexibility index (Phi) is 9.45. The quantitative estimate of drug-likeness (QED) is 0.561. The van der Waals surface area contributed by atoms with Crippen LogP contribution >= 0.6 is 0 Å². The van der Waals surface area contributed by atoms with Crippen molar-refractivity contribution in [3.63, 3.8) is 0 Å². The summed E-state index contributed by atoms with van der Waals surface area (Å²) in [5, 5.41) is 8.57. The summed E-state index contributed by atoms with van der Waals surface area (Å²) in [6.07, 6.45) is 4.94. The molecule has 12 nitrogen and oxygen atoms in total. The highest BCUT2D eigenvalue weighted by molar-refractivity contribution is 5.90. The number of aliphatic hydroxyl groups excluding tert-OH is 1. The number of nitrogens with two attached hydrogens (primary N) is 2. The number of amides is 2. The summed E-state index contributed by atoms with van der Waals surface area (Å²) in [5.74, 6) is -3.00. The van der Waals surface area contributed by atoms with E-state index in [9.17, 15) is 23.6 Å². The second-order valence-corrected chi connectivity index (χ2v) is 5.51. The average Bonchev–Trinajstić information content (AvgIpc) is 3.25. The number of aromatic nitrogens is 4. The van der Waals surface area contributed by atoms with Crippen LogP contribution in [-0.4, -0.2) is 42.6 Å². The molecule has 2 amide bonds. The van der Waals surface area contributed by atoms with Crippen molar-refractivity contribution >= 4 is 11.8 Å². The van der Waals surface area contributed by atoms with Gasteiger partial charge in [0.15, 0.2) is 11.4 Å². The van der Waals surface area contributed by atoms with Crippen LogP contribution in [-0.2, 0) is 11.5 Å². The molecular formula is C17H23FN6O6. The van der Waals surface area contributed by atoms with E-state index in [1.54, 1.807) is 0 Å². The van der Waals surface area contributed by atoms with Gasteiger partial charge in [0.1, 0.15) is 13.0 Å². The molecular weight excluding hydrogens is 403 g/mol. The number of hydrogen-bond acceptors (Lipinski definition) is 8. The molecule has 30 heavy (non-hydrogen) atoms. The molecule has 1 atom stereocenters. The van der Waals surface area contributed by atoms with Crippen LogP contribution in [0, 0.1) is 5.95 Å². The second kappa shape index (κ2) is 11.5. The molecule has 1 fully saturated rings. The van der Waals surface area contributed by atoms with Gasteiger partial charge in [0.25, 0.3) is 22.9 Å². The molecule has 3 rings (SSSR count). The minimum atomic E-state index is -1.13. The number of halogens is 1. The topological polar surface area (TPSA) is 185 Å². The van der Waals surface area contributed by atoms with E-state index in [2.05, 4.69) is 9.97 Å². The van der Waals surface area contributed by atoms with Gasteiger partial charge in [0.2, 0.25) is 5.95 Å². The normalized spacial score (nSPS) is 14.7. The van der Waals surface area contributed by atoms with Crippen molar-refractivity contribution in [2.45, 2.75) is 39.6 Å². The lowest BCUT2D eigenvalue weighted by Gasteiger charge is -2.12. The molecule has 1 unspecified atom stereocenters. The van der Waals surface area contributed by atoms with E-state index >= 15 is 0 Å². The molecule has 2 aromatic heterocycles. The summed E-state index contributed by atoms with van der Waals surface area (Å²) in [7, 11) is 0. The van der Waals surface area contributed by atoms with Crippen molar-refractivity contribution in [2.24, 2.45) is 11.5 Å². The van der Waals surface area contributed by atoms with E-state index in [0.29, 0.717) is 17.4 Å². The van der Waals surface area contributed by atoms with Gasteiger partial charge in [-0.2, -0.15) is 4.39 Å². The smallest absolute Gasteiger partial charge is 0.284 e. The number of hydrogen-bond donors (Lipinski definition) is 3. The number of ether oxygens (including phenoxy) is 1. The Morgan fingerprint density at radius 3 is 2.37 bits per heavy atom. The largest absolute Gasteiger partial charge is 0.376 e. The fraction of sp³-hybridized carbons (Fsp3) is 0.412. The average molecular weight is 426 g/mol. The number of primary amides is 2. The minimum absolute atomic E-state index is 0.243. The third-order valence-corrected chi connectivity index (χ3v) is 3.65. The SMILES string of the molecule is CC.NC(=O)c1nc(F)cn(CO)c1=O.NC(=O)c1nccn(C2CCCO2)c1=O. The fourth-order valence-electron chi connectivity index (χ4n) is 2.37. The minimum Gasteiger partial charge on any atom is -0.376 e. The van der Waals surface area contributed by atoms with E-state index < -0.39 is 41.3 Å². The highest BCUT2D eigenvalue weighted by atomic mass is 19.1. The van der Waals surface area contributed by atoms with Crippen molar-refractivity contribution in [3.05, 3.63) is 56.6 Å². The maximum absolute atomic E-state index is 12.6. The summed E-state index contributed by atoms with van der Waals surface area (Å²) in [4.78, 5) is 50.9. The molecule has 0 bridgehead atoms. The maximum Gasteiger partial charge on any atom is 0.284 e. The van der Waals surface area contributed by atoms with Crippen molar-refractivity contribution < 1.29 is 23.8 Å². The highest BCUT2D eigenvalue weighted by Gasteiger charge is 2.20. The van der Waals surface area contributed by atoms with E-state index in [0.717, 1.165) is 12.8 Å². The Morgan fingerprint density at radius 1 is 1.23 bits per heavy atom. The van der Waals surface area contributed by atoms with Crippen LogP contribution < -0.4 is 22.6 Å². The highest BCUT2D eigenvalue weighted by Crippen LogP contribution is 2.20. The van der Waals surface area contributed by atoms with E-state index in [1.807, 2.05) is 13.8 Å². The first-order chi connectivity index (χ1) is 14.3. The molecule has 1 aliphatic heterocycles. The van der Waals surface area contributed by atoms with E-state index in [-0.39, 0.29) is 11.9 Å². The Labute approximate surface area is 169 Å². The van der Waals surface area contributed by atoms with Crippen LogP contribution in [0.25, 0.3) is 0 Å². The van der Waals surface area contributed by atoms with Gasteiger partial charge in [-0.15, -0.1) is 0 Å². The lowest BCUT2D eigenvalue weighted by molar-refractivity contribution is 0.0532. The lowest BCUT2D eigenvalue weighted by atomic mass is 10.3. The van der Waals surface area contributed by atoms with Crippen molar-refractivity contribution in [2.75, 3.05) is 6.61 Å². The molecule has 5 N–H and O–H groups in total. The van der Waals surface area contributed by atoms with Gasteiger partial charge in [-0.3, -0.25) is 28.3 Å². The third kappa shape index (κ3) is 6.02. The predicted octanol–water partition coefficient (Wildman–Crippen LogP) is -0.891. The Balaban J connectivity index is 0.000000280. The molecule has 13 heteroatoms. The van der Waals surface area contributed by atoms with Gasteiger partial charge in [0, 0.05) is 19.0 Å². The maximum atomic E-state index is 12.6. The first-order valence-electron chi connectivity index (χ1n) is 8.92. The Morgan fingerprint density at radius 2 is 1.87 bits per heavy atom. The standard InChI is InChI=1S/C9H11N3O3.C6H6FN3O3.C2H6/c10-8(13)7-9(14)12(4-3-11-7)6-2-1-5-15-6;7-3-1-10(2-11)6(13)4(9-3)5(8)12;1-2/h3-4,6H,1-2,5H2,(H2,10,13);1,11H,2H2,(H2,8,12);1-2H3. The van der Waals surface area contributed by atoms with Crippen LogP contribution in [0.3, 0.4) is 0 Å². The number of nitrogens with zero attached hydrogens (tertiary/aromatic N) is 4. The van der Waals surface area contributed by atoms with E-state index in [4.69, 9.17) is 21.3 Å². The van der Waals surface area contributed by atoms with Crippen LogP contribution in [0.1, 0.15) is 53.9 Å². The van der Waals surface area contributed by atoms with Gasteiger partial charge in [-0.05, 0) is 12.8 Å². The predicted molar refractivity (Wildman–Crippen MR) is 102 cm³/mol. The first-order valence-corrected chi connectivity index (χ1v) is 8.92. The second-order valence-electron chi connectivity index (χ2n) is 5.51. The number of aliphatic hydroxyl groups is 1. The number of carbonyl (C=O) groups is 2. The number of rotatable bonds is 4. The molecule has 0 saturated carbocycles. The van der Waals surface area contributed by atoms with Crippen molar-refractivity contribution in [3.8, 4) is 0 Å². The summed E-state index contributed by atoms with van der Waals surface area (Å²) in [6, 6.07) is 0. The Bertz CT molecular complexity index is 999. The van der Waals surface area contributed by atoms with Crippen LogP contribution in [0.5, 0.6) is 0 Å². The Hall–Kier alpha value is -3.45. The van der Waals surface area contributed by atoms with Crippen LogP contribution in [0.15, 0.2) is 28.2 Å². The lowest BCUT2D eigenvalue weighted by Crippen LogP contribution is -2.32. The fourth-order valence-corrected chi connectivity index (χ4v) is 2.37. The zero-order valence-electron chi connectivity index (χ0n) is 16.4. The summed E-state index contributed by atoms with van der Waals surface area (Å²) >= 11 is 0. The van der Waals surface area contributed by atoms with Gasteiger partial charge in [-0.25, -0.2) is 9.97 Å². The van der Waals surface area contributed by atoms with Crippen molar-refractivity contribution in [1.82, 2.24) is 19.1 Å². The molecule has 1 aliphatic rings. The molecule has 2 aromatic rings. The summed E-state index contributed by atoms with van der Waals surface area (Å²) < 4.78 is 19.8. The van der Waals surface area contributed by atoms with E-state index in [1.165, 1.54) is 17.0 Å². The van der Waals surface area contributed by atoms with Gasteiger partial charge in [0.05, 0.1) is 6.20 Å². The molecule has 0 radical (unpaired) electrons. The zero-order chi connectivity index (χ0) is 22.8. The summed E-state index contributed by atoms with van der Waals surface area (Å²) in [6.45, 7) is 3.89. The van der Waals surface area contributed by atoms with Crippen LogP contribution in [0.4, 0.5) is 4.39 Å².